The summed E-state index contributed by atoms with van der Waals surface area (Å²) < 4.78 is 0. The van der Waals surface area contributed by atoms with E-state index in [1.54, 1.807) is 0 Å². The van der Waals surface area contributed by atoms with Gasteiger partial charge in [-0.05, 0) is 69.6 Å². The predicted octanol–water partition coefficient (Wildman–Crippen LogP) is 2.33. The third-order valence-electron chi connectivity index (χ3n) is 3.70. The maximum atomic E-state index is 5.81. The van der Waals surface area contributed by atoms with E-state index in [1.807, 2.05) is 6.07 Å². The molecule has 0 spiro atoms. The number of piperidine rings is 1. The van der Waals surface area contributed by atoms with E-state index in [2.05, 4.69) is 36.3 Å². The van der Waals surface area contributed by atoms with E-state index < -0.39 is 0 Å². The normalized spacial score (nSPS) is 18.2. The van der Waals surface area contributed by atoms with E-state index in [4.69, 9.17) is 5.73 Å². The molecule has 0 unspecified atom stereocenters. The molecule has 1 aromatic rings. The number of aryl methyl sites for hydroxylation is 1. The molecule has 2 rings (SSSR count). The number of hydrogen-bond acceptors (Lipinski definition) is 3. The van der Waals surface area contributed by atoms with E-state index in [0.717, 1.165) is 23.7 Å². The van der Waals surface area contributed by atoms with Crippen molar-refractivity contribution in [3.8, 4) is 0 Å². The van der Waals surface area contributed by atoms with Gasteiger partial charge in [0.25, 0.3) is 0 Å². The summed E-state index contributed by atoms with van der Waals surface area (Å²) in [4.78, 5) is 2.41. The van der Waals surface area contributed by atoms with Gasteiger partial charge in [-0.2, -0.15) is 0 Å². The molecule has 3 heteroatoms. The molecule has 0 radical (unpaired) electrons. The molecule has 0 amide bonds. The third kappa shape index (κ3) is 3.37. The van der Waals surface area contributed by atoms with E-state index in [-0.39, 0.29) is 0 Å². The molecule has 1 aliphatic rings. The first-order valence-corrected chi connectivity index (χ1v) is 6.43. The summed E-state index contributed by atoms with van der Waals surface area (Å²) in [5.74, 6) is 0.809. The zero-order valence-corrected chi connectivity index (χ0v) is 10.9. The van der Waals surface area contributed by atoms with Crippen molar-refractivity contribution in [2.75, 3.05) is 37.7 Å². The third-order valence-corrected chi connectivity index (χ3v) is 3.70. The molecule has 0 bridgehead atoms. The van der Waals surface area contributed by atoms with Crippen molar-refractivity contribution >= 4 is 11.4 Å². The lowest BCUT2D eigenvalue weighted by atomic mass is 9.97. The maximum Gasteiger partial charge on any atom is 0.0345 e. The molecular weight excluding hydrogens is 210 g/mol. The standard InChI is InChI=1S/C14H23N3/c1-11-9-13(3-4-14(11)15)16-10-12-5-7-17(2)8-6-12/h3-4,9,12,16H,5-8,10,15H2,1-2H3. The first kappa shape index (κ1) is 12.2. The molecule has 0 aliphatic carbocycles. The molecule has 0 aromatic heterocycles. The summed E-state index contributed by atoms with van der Waals surface area (Å²) >= 11 is 0. The number of nitrogens with zero attached hydrogens (tertiary/aromatic N) is 1. The van der Waals surface area contributed by atoms with Crippen molar-refractivity contribution in [3.05, 3.63) is 23.8 Å². The van der Waals surface area contributed by atoms with Crippen LogP contribution in [0.5, 0.6) is 0 Å². The molecule has 94 valence electrons. The minimum atomic E-state index is 0.809. The fourth-order valence-corrected chi connectivity index (χ4v) is 2.31. The molecule has 1 aliphatic heterocycles. The maximum absolute atomic E-state index is 5.81. The topological polar surface area (TPSA) is 41.3 Å². The van der Waals surface area contributed by atoms with E-state index in [1.165, 1.54) is 31.6 Å². The van der Waals surface area contributed by atoms with Gasteiger partial charge in [0.1, 0.15) is 0 Å². The summed E-state index contributed by atoms with van der Waals surface area (Å²) in [5, 5.41) is 3.52. The lowest BCUT2D eigenvalue weighted by molar-refractivity contribution is 0.226. The number of nitrogens with two attached hydrogens (primary N) is 1. The van der Waals surface area contributed by atoms with Crippen molar-refractivity contribution < 1.29 is 0 Å². The first-order valence-electron chi connectivity index (χ1n) is 6.43. The minimum Gasteiger partial charge on any atom is -0.399 e. The molecular formula is C14H23N3. The van der Waals surface area contributed by atoms with Crippen molar-refractivity contribution in [2.24, 2.45) is 5.92 Å². The Labute approximate surface area is 104 Å². The summed E-state index contributed by atoms with van der Waals surface area (Å²) in [5.41, 5.74) is 9.02. The molecule has 1 fully saturated rings. The van der Waals surface area contributed by atoms with Crippen LogP contribution in [0.3, 0.4) is 0 Å². The zero-order chi connectivity index (χ0) is 12.3. The van der Waals surface area contributed by atoms with Gasteiger partial charge in [0.15, 0.2) is 0 Å². The molecule has 1 saturated heterocycles. The average Bonchev–Trinajstić information content (AvgIpc) is 2.33. The summed E-state index contributed by atoms with van der Waals surface area (Å²) in [7, 11) is 2.20. The molecule has 17 heavy (non-hydrogen) atoms. The minimum absolute atomic E-state index is 0.809. The van der Waals surface area contributed by atoms with Gasteiger partial charge in [0.05, 0.1) is 0 Å². The molecule has 0 saturated carbocycles. The number of rotatable bonds is 3. The first-order chi connectivity index (χ1) is 8.15. The van der Waals surface area contributed by atoms with Crippen LogP contribution in [0.4, 0.5) is 11.4 Å². The number of nitrogen functional groups attached to an aromatic ring is 1. The Morgan fingerprint density at radius 2 is 2.06 bits per heavy atom. The number of benzene rings is 1. The van der Waals surface area contributed by atoms with Gasteiger partial charge in [0.2, 0.25) is 0 Å². The highest BCUT2D eigenvalue weighted by molar-refractivity contribution is 5.56. The van der Waals surface area contributed by atoms with Gasteiger partial charge >= 0.3 is 0 Å². The SMILES string of the molecule is Cc1cc(NCC2CCN(C)CC2)ccc1N. The highest BCUT2D eigenvalue weighted by atomic mass is 15.1. The monoisotopic (exact) mass is 233 g/mol. The Morgan fingerprint density at radius 1 is 1.35 bits per heavy atom. The Bertz CT molecular complexity index is 368. The Balaban J connectivity index is 1.83. The van der Waals surface area contributed by atoms with E-state index in [0.29, 0.717) is 0 Å². The van der Waals surface area contributed by atoms with E-state index in [9.17, 15) is 0 Å². The van der Waals surface area contributed by atoms with Crippen molar-refractivity contribution in [3.63, 3.8) is 0 Å². The number of hydrogen-bond donors (Lipinski definition) is 2. The lowest BCUT2D eigenvalue weighted by Gasteiger charge is -2.29. The second-order valence-electron chi connectivity index (χ2n) is 5.20. The summed E-state index contributed by atoms with van der Waals surface area (Å²) in [6.07, 6.45) is 2.61. The van der Waals surface area contributed by atoms with Crippen molar-refractivity contribution in [1.82, 2.24) is 4.90 Å². The number of anilines is 2. The summed E-state index contributed by atoms with van der Waals surface area (Å²) in [6.45, 7) is 5.59. The Kier molecular flexibility index (Phi) is 3.89. The number of nitrogens with one attached hydrogen (secondary N) is 1. The van der Waals surface area contributed by atoms with Gasteiger partial charge in [0, 0.05) is 17.9 Å². The molecule has 1 heterocycles. The van der Waals surface area contributed by atoms with Crippen LogP contribution in [0.2, 0.25) is 0 Å². The molecule has 1 aromatic carbocycles. The largest absolute Gasteiger partial charge is 0.399 e. The molecule has 3 N–H and O–H groups in total. The second-order valence-corrected chi connectivity index (χ2v) is 5.20. The molecule has 0 atom stereocenters. The van der Waals surface area contributed by atoms with Gasteiger partial charge in [-0.1, -0.05) is 0 Å². The zero-order valence-electron chi connectivity index (χ0n) is 10.9. The Morgan fingerprint density at radius 3 is 2.71 bits per heavy atom. The fourth-order valence-electron chi connectivity index (χ4n) is 2.31. The van der Waals surface area contributed by atoms with Crippen LogP contribution < -0.4 is 11.1 Å². The van der Waals surface area contributed by atoms with Crippen LogP contribution in [-0.2, 0) is 0 Å². The summed E-state index contributed by atoms with van der Waals surface area (Å²) in [6, 6.07) is 6.17. The Hall–Kier alpha value is -1.22. The lowest BCUT2D eigenvalue weighted by Crippen LogP contribution is -2.32. The van der Waals surface area contributed by atoms with Gasteiger partial charge < -0.3 is 16.0 Å². The van der Waals surface area contributed by atoms with Crippen LogP contribution in [0.25, 0.3) is 0 Å². The molecule has 3 nitrogen and oxygen atoms in total. The van der Waals surface area contributed by atoms with Crippen LogP contribution in [0.15, 0.2) is 18.2 Å². The van der Waals surface area contributed by atoms with Gasteiger partial charge in [-0.25, -0.2) is 0 Å². The van der Waals surface area contributed by atoms with E-state index >= 15 is 0 Å². The number of likely N-dealkylation sites (tertiary alicyclic amines) is 1. The van der Waals surface area contributed by atoms with Crippen molar-refractivity contribution in [2.45, 2.75) is 19.8 Å². The van der Waals surface area contributed by atoms with Crippen LogP contribution in [0, 0.1) is 12.8 Å². The second kappa shape index (κ2) is 5.41. The fraction of sp³-hybridized carbons (Fsp3) is 0.571. The van der Waals surface area contributed by atoms with Gasteiger partial charge in [-0.3, -0.25) is 0 Å². The average molecular weight is 233 g/mol. The van der Waals surface area contributed by atoms with Crippen molar-refractivity contribution in [1.29, 1.82) is 0 Å². The van der Waals surface area contributed by atoms with Crippen LogP contribution in [0.1, 0.15) is 18.4 Å². The highest BCUT2D eigenvalue weighted by Crippen LogP contribution is 2.19. The van der Waals surface area contributed by atoms with Gasteiger partial charge in [-0.15, -0.1) is 0 Å². The quantitative estimate of drug-likeness (QED) is 0.787. The highest BCUT2D eigenvalue weighted by Gasteiger charge is 2.16. The van der Waals surface area contributed by atoms with Crippen LogP contribution in [-0.4, -0.2) is 31.6 Å². The predicted molar refractivity (Wildman–Crippen MR) is 74.3 cm³/mol. The van der Waals surface area contributed by atoms with Crippen LogP contribution >= 0.6 is 0 Å². The smallest absolute Gasteiger partial charge is 0.0345 e.